The second-order valence-electron chi connectivity index (χ2n) is 10.3. The predicted molar refractivity (Wildman–Crippen MR) is 144 cm³/mol. The molecular weight excluding hydrogens is 507 g/mol. The first-order chi connectivity index (χ1) is 18.4. The Morgan fingerprint density at radius 2 is 1.66 bits per heavy atom. The summed E-state index contributed by atoms with van der Waals surface area (Å²) in [6, 6.07) is 16.7. The van der Waals surface area contributed by atoms with Crippen molar-refractivity contribution in [3.8, 4) is 17.1 Å². The van der Waals surface area contributed by atoms with Gasteiger partial charge in [0.2, 0.25) is 5.91 Å². The molecule has 200 valence electrons. The van der Waals surface area contributed by atoms with Crippen LogP contribution in [0.4, 0.5) is 4.39 Å². The molecule has 0 radical (unpaired) electrons. The molecule has 1 atom stereocenters. The van der Waals surface area contributed by atoms with E-state index < -0.39 is 11.2 Å². The molecule has 0 aliphatic carbocycles. The largest absolute Gasteiger partial charge is 0.493 e. The average Bonchev–Trinajstić information content (AvgIpc) is 3.43. The van der Waals surface area contributed by atoms with E-state index in [9.17, 15) is 14.0 Å². The van der Waals surface area contributed by atoms with E-state index in [1.807, 2.05) is 4.90 Å². The van der Waals surface area contributed by atoms with E-state index in [0.29, 0.717) is 48.2 Å². The molecule has 2 saturated heterocycles. The summed E-state index contributed by atoms with van der Waals surface area (Å²) >= 11 is 6.02. The van der Waals surface area contributed by atoms with Crippen molar-refractivity contribution in [2.45, 2.75) is 38.5 Å². The smallest absolute Gasteiger partial charge is 0.289 e. The number of halogens is 2. The molecule has 2 aliphatic rings. The van der Waals surface area contributed by atoms with Crippen molar-refractivity contribution in [3.63, 3.8) is 0 Å². The summed E-state index contributed by atoms with van der Waals surface area (Å²) < 4.78 is 26.2. The van der Waals surface area contributed by atoms with Crippen molar-refractivity contribution in [3.05, 3.63) is 77.3 Å². The van der Waals surface area contributed by atoms with Gasteiger partial charge in [-0.25, -0.2) is 4.39 Å². The topological polar surface area (TPSA) is 63.0 Å². The minimum atomic E-state index is -0.539. The van der Waals surface area contributed by atoms with E-state index in [2.05, 4.69) is 0 Å². The summed E-state index contributed by atoms with van der Waals surface area (Å²) in [6.45, 7) is 2.78. The minimum Gasteiger partial charge on any atom is -0.493 e. The molecule has 0 unspecified atom stereocenters. The number of rotatable bonds is 7. The number of hydrogen-bond acceptors (Lipinski definition) is 4. The van der Waals surface area contributed by atoms with Crippen LogP contribution in [0.5, 0.6) is 5.75 Å². The van der Waals surface area contributed by atoms with Crippen molar-refractivity contribution in [1.29, 1.82) is 0 Å². The van der Waals surface area contributed by atoms with Gasteiger partial charge in [-0.15, -0.1) is 0 Å². The molecular formula is C30H32ClFN2O4. The Hall–Kier alpha value is -3.32. The third-order valence-corrected chi connectivity index (χ3v) is 7.75. The van der Waals surface area contributed by atoms with Gasteiger partial charge in [-0.3, -0.25) is 9.59 Å². The van der Waals surface area contributed by atoms with E-state index in [1.165, 1.54) is 6.07 Å². The van der Waals surface area contributed by atoms with Gasteiger partial charge in [-0.2, -0.15) is 0 Å². The Labute approximate surface area is 227 Å². The average molecular weight is 539 g/mol. The number of carbonyl (C=O) groups excluding carboxylic acids is 2. The number of furan rings is 1. The molecule has 6 nitrogen and oxygen atoms in total. The van der Waals surface area contributed by atoms with Crippen LogP contribution >= 0.6 is 11.6 Å². The van der Waals surface area contributed by atoms with Gasteiger partial charge in [0.15, 0.2) is 5.76 Å². The zero-order valence-corrected chi connectivity index (χ0v) is 22.1. The van der Waals surface area contributed by atoms with Gasteiger partial charge in [-0.1, -0.05) is 23.7 Å². The molecule has 3 aromatic rings. The highest BCUT2D eigenvalue weighted by molar-refractivity contribution is 6.30. The summed E-state index contributed by atoms with van der Waals surface area (Å²) in [4.78, 5) is 30.5. The van der Waals surface area contributed by atoms with Crippen LogP contribution in [-0.4, -0.2) is 54.4 Å². The van der Waals surface area contributed by atoms with Crippen LogP contribution in [0, 0.1) is 11.2 Å². The Kier molecular flexibility index (Phi) is 8.03. The number of amides is 2. The fourth-order valence-electron chi connectivity index (χ4n) is 5.45. The van der Waals surface area contributed by atoms with Crippen LogP contribution in [-0.2, 0) is 4.79 Å². The Bertz CT molecular complexity index is 1270. The molecule has 2 fully saturated rings. The predicted octanol–water partition coefficient (Wildman–Crippen LogP) is 6.44. The third kappa shape index (κ3) is 6.04. The summed E-state index contributed by atoms with van der Waals surface area (Å²) in [6.07, 6.45) is 5.01. The number of ether oxygens (including phenoxy) is 1. The van der Waals surface area contributed by atoms with Crippen LogP contribution in [0.25, 0.3) is 11.3 Å². The molecule has 0 spiro atoms. The SMILES string of the molecule is O=C(C[C@@]1(COc2ccc(Cl)cc2)CCCN(C(=O)c2ccc(-c3ccccc3F)o2)C1)N1CCCCC1. The number of carbonyl (C=O) groups is 2. The van der Waals surface area contributed by atoms with E-state index in [1.54, 1.807) is 59.5 Å². The van der Waals surface area contributed by atoms with Gasteiger partial charge in [0.1, 0.15) is 17.3 Å². The van der Waals surface area contributed by atoms with Gasteiger partial charge in [0, 0.05) is 43.0 Å². The van der Waals surface area contributed by atoms with Crippen LogP contribution in [0.3, 0.4) is 0 Å². The van der Waals surface area contributed by atoms with E-state index >= 15 is 0 Å². The van der Waals surface area contributed by atoms with Crippen molar-refractivity contribution >= 4 is 23.4 Å². The molecule has 5 rings (SSSR count). The lowest BCUT2D eigenvalue weighted by atomic mass is 9.77. The highest BCUT2D eigenvalue weighted by atomic mass is 35.5. The lowest BCUT2D eigenvalue weighted by Gasteiger charge is -2.43. The van der Waals surface area contributed by atoms with E-state index in [-0.39, 0.29) is 17.6 Å². The minimum absolute atomic E-state index is 0.110. The van der Waals surface area contributed by atoms with Crippen LogP contribution in [0.1, 0.15) is 49.1 Å². The van der Waals surface area contributed by atoms with Crippen molar-refractivity contribution < 1.29 is 23.1 Å². The number of piperidine rings is 2. The van der Waals surface area contributed by atoms with E-state index in [0.717, 1.165) is 45.2 Å². The van der Waals surface area contributed by atoms with Gasteiger partial charge in [-0.05, 0) is 80.6 Å². The first-order valence-corrected chi connectivity index (χ1v) is 13.6. The highest BCUT2D eigenvalue weighted by Gasteiger charge is 2.41. The number of likely N-dealkylation sites (tertiary alicyclic amines) is 2. The maximum Gasteiger partial charge on any atom is 0.289 e. The maximum atomic E-state index is 14.3. The standard InChI is InChI=1S/C30H32ClFN2O4/c31-22-9-11-23(12-10-22)37-21-30(19-28(35)33-16-4-1-5-17-33)15-6-18-34(20-30)29(36)27-14-13-26(38-27)24-7-2-3-8-25(24)32/h2-3,7-14H,1,4-6,15-21H2/t30-/m0/s1. The zero-order chi connectivity index (χ0) is 26.5. The Morgan fingerprint density at radius 1 is 0.921 bits per heavy atom. The molecule has 0 N–H and O–H groups in total. The van der Waals surface area contributed by atoms with Crippen LogP contribution in [0.15, 0.2) is 65.1 Å². The molecule has 2 aromatic carbocycles. The molecule has 2 amide bonds. The number of nitrogens with zero attached hydrogens (tertiary/aromatic N) is 2. The number of benzene rings is 2. The van der Waals surface area contributed by atoms with Crippen molar-refractivity contribution in [1.82, 2.24) is 9.80 Å². The fraction of sp³-hybridized carbons (Fsp3) is 0.400. The van der Waals surface area contributed by atoms with Crippen LogP contribution in [0.2, 0.25) is 5.02 Å². The quantitative estimate of drug-likeness (QED) is 0.347. The molecule has 8 heteroatoms. The molecule has 1 aromatic heterocycles. The normalized spacial score (nSPS) is 19.8. The van der Waals surface area contributed by atoms with Gasteiger partial charge in [0.25, 0.3) is 5.91 Å². The van der Waals surface area contributed by atoms with Crippen molar-refractivity contribution in [2.75, 3.05) is 32.8 Å². The Balaban J connectivity index is 1.34. The Morgan fingerprint density at radius 3 is 2.42 bits per heavy atom. The highest BCUT2D eigenvalue weighted by Crippen LogP contribution is 2.37. The van der Waals surface area contributed by atoms with Crippen LogP contribution < -0.4 is 4.74 Å². The summed E-state index contributed by atoms with van der Waals surface area (Å²) in [5, 5.41) is 0.620. The molecule has 0 saturated carbocycles. The van der Waals surface area contributed by atoms with Crippen molar-refractivity contribution in [2.24, 2.45) is 5.41 Å². The zero-order valence-electron chi connectivity index (χ0n) is 21.3. The lowest BCUT2D eigenvalue weighted by Crippen LogP contribution is -2.51. The molecule has 3 heterocycles. The van der Waals surface area contributed by atoms with Gasteiger partial charge in [0.05, 0.1) is 12.2 Å². The van der Waals surface area contributed by atoms with Gasteiger partial charge >= 0.3 is 0 Å². The van der Waals surface area contributed by atoms with E-state index in [4.69, 9.17) is 20.8 Å². The molecule has 2 aliphatic heterocycles. The summed E-state index contributed by atoms with van der Waals surface area (Å²) in [7, 11) is 0. The maximum absolute atomic E-state index is 14.3. The number of hydrogen-bond donors (Lipinski definition) is 0. The molecule has 0 bridgehead atoms. The third-order valence-electron chi connectivity index (χ3n) is 7.50. The monoisotopic (exact) mass is 538 g/mol. The summed E-state index contributed by atoms with van der Waals surface area (Å²) in [5.74, 6) is 0.560. The fourth-order valence-corrected chi connectivity index (χ4v) is 5.58. The second kappa shape index (κ2) is 11.6. The lowest BCUT2D eigenvalue weighted by molar-refractivity contribution is -0.136. The first-order valence-electron chi connectivity index (χ1n) is 13.2. The first kappa shape index (κ1) is 26.3. The summed E-state index contributed by atoms with van der Waals surface area (Å²) in [5.41, 5.74) is -0.230. The molecule has 38 heavy (non-hydrogen) atoms. The second-order valence-corrected chi connectivity index (χ2v) is 10.8. The van der Waals surface area contributed by atoms with Gasteiger partial charge < -0.3 is 19.0 Å².